The third-order valence-corrected chi connectivity index (χ3v) is 10.5. The molecule has 6 atom stereocenters. The van der Waals surface area contributed by atoms with Crippen molar-refractivity contribution in [1.29, 1.82) is 0 Å². The Bertz CT molecular complexity index is 1100. The molecule has 3 aliphatic rings. The summed E-state index contributed by atoms with van der Waals surface area (Å²) in [5.74, 6) is -1.61. The van der Waals surface area contributed by atoms with Gasteiger partial charge in [-0.2, -0.15) is 0 Å². The van der Waals surface area contributed by atoms with Gasteiger partial charge in [0.05, 0.1) is 18.3 Å². The second-order valence-electron chi connectivity index (χ2n) is 9.11. The first-order valence-electron chi connectivity index (χ1n) is 11.3. The number of esters is 1. The third-order valence-electron chi connectivity index (χ3n) is 7.30. The number of fused-ring (bicyclic) bond motifs is 5. The van der Waals surface area contributed by atoms with Crippen LogP contribution in [0.2, 0.25) is 0 Å². The number of ether oxygens (including phenoxy) is 1. The van der Waals surface area contributed by atoms with Crippen LogP contribution < -0.4 is 0 Å². The Labute approximate surface area is 214 Å². The van der Waals surface area contributed by atoms with Crippen LogP contribution >= 0.6 is 31.9 Å². The molecule has 2 aliphatic carbocycles. The lowest BCUT2D eigenvalue weighted by atomic mass is 9.81. The fourth-order valence-electron chi connectivity index (χ4n) is 5.61. The Kier molecular flexibility index (Phi) is 6.46. The SMILES string of the molecule is O=C(CCN1C(=O)[C@@H]2[C@H]3C[C@@H]([C@H](Br)[C@@H]3Br)[C@@H]2C1=O)OCC(=O)c1ccc(-c2ccccc2)cc1. The molecule has 176 valence electrons. The second kappa shape index (κ2) is 9.38. The van der Waals surface area contributed by atoms with Crippen molar-refractivity contribution in [3.63, 3.8) is 0 Å². The molecular weight excluding hydrogens is 566 g/mol. The molecule has 6 nitrogen and oxygen atoms in total. The number of likely N-dealkylation sites (tertiary alicyclic amines) is 1. The molecule has 5 rings (SSSR count). The summed E-state index contributed by atoms with van der Waals surface area (Å²) in [5, 5.41) is 0. The topological polar surface area (TPSA) is 80.8 Å². The van der Waals surface area contributed by atoms with Crippen LogP contribution in [-0.4, -0.2) is 51.3 Å². The summed E-state index contributed by atoms with van der Waals surface area (Å²) in [7, 11) is 0. The van der Waals surface area contributed by atoms with E-state index < -0.39 is 5.97 Å². The summed E-state index contributed by atoms with van der Waals surface area (Å²) in [4.78, 5) is 52.0. The minimum atomic E-state index is -0.605. The molecule has 0 aromatic heterocycles. The van der Waals surface area contributed by atoms with Crippen LogP contribution in [0, 0.1) is 23.7 Å². The quantitative estimate of drug-likeness (QED) is 0.209. The van der Waals surface area contributed by atoms with Gasteiger partial charge in [0.15, 0.2) is 12.4 Å². The van der Waals surface area contributed by atoms with Crippen LogP contribution in [0.4, 0.5) is 0 Å². The van der Waals surface area contributed by atoms with Gasteiger partial charge in [0.1, 0.15) is 0 Å². The number of halogens is 2. The van der Waals surface area contributed by atoms with Crippen molar-refractivity contribution >= 4 is 55.4 Å². The van der Waals surface area contributed by atoms with Crippen molar-refractivity contribution in [2.45, 2.75) is 22.5 Å². The van der Waals surface area contributed by atoms with Crippen molar-refractivity contribution in [1.82, 2.24) is 4.90 Å². The van der Waals surface area contributed by atoms with E-state index in [0.717, 1.165) is 17.5 Å². The fourth-order valence-corrected chi connectivity index (χ4v) is 7.49. The highest BCUT2D eigenvalue weighted by Gasteiger charge is 2.66. The van der Waals surface area contributed by atoms with E-state index in [1.165, 1.54) is 4.90 Å². The summed E-state index contributed by atoms with van der Waals surface area (Å²) < 4.78 is 5.13. The van der Waals surface area contributed by atoms with Gasteiger partial charge in [-0.3, -0.25) is 24.1 Å². The van der Waals surface area contributed by atoms with Gasteiger partial charge in [-0.05, 0) is 29.4 Å². The lowest BCUT2D eigenvalue weighted by molar-refractivity contribution is -0.145. The summed E-state index contributed by atoms with van der Waals surface area (Å²) in [6, 6.07) is 16.9. The van der Waals surface area contributed by atoms with E-state index in [2.05, 4.69) is 31.9 Å². The Morgan fingerprint density at radius 3 is 2.00 bits per heavy atom. The molecule has 3 fully saturated rings. The van der Waals surface area contributed by atoms with Gasteiger partial charge in [-0.15, -0.1) is 0 Å². The standard InChI is InChI=1S/C26H23Br2NO5/c27-23-17-12-18(24(23)28)22-21(17)25(32)29(26(22)33)11-10-20(31)34-13-19(30)16-8-6-15(7-9-16)14-4-2-1-3-5-14/h1-9,17-18,21-24H,10-13H2/t17-,18-,21-,22+,23-,24+/m1/s1. The zero-order valence-corrected chi connectivity index (χ0v) is 21.4. The number of rotatable bonds is 7. The van der Waals surface area contributed by atoms with Crippen molar-refractivity contribution in [3.05, 3.63) is 60.2 Å². The fraction of sp³-hybridized carbons (Fsp3) is 0.385. The molecule has 2 saturated carbocycles. The number of benzene rings is 2. The molecule has 0 N–H and O–H groups in total. The molecule has 2 aromatic carbocycles. The van der Waals surface area contributed by atoms with Crippen LogP contribution in [-0.2, 0) is 19.1 Å². The van der Waals surface area contributed by atoms with Gasteiger partial charge in [0.2, 0.25) is 11.8 Å². The van der Waals surface area contributed by atoms with E-state index in [1.807, 2.05) is 42.5 Å². The van der Waals surface area contributed by atoms with Crippen LogP contribution in [0.15, 0.2) is 54.6 Å². The Morgan fingerprint density at radius 2 is 1.41 bits per heavy atom. The Hall–Kier alpha value is -2.32. The maximum atomic E-state index is 12.9. The normalized spacial score (nSPS) is 29.4. The van der Waals surface area contributed by atoms with E-state index >= 15 is 0 Å². The largest absolute Gasteiger partial charge is 0.457 e. The highest BCUT2D eigenvalue weighted by atomic mass is 79.9. The van der Waals surface area contributed by atoms with Gasteiger partial charge < -0.3 is 4.74 Å². The van der Waals surface area contributed by atoms with Gasteiger partial charge in [-0.25, -0.2) is 0 Å². The first-order valence-corrected chi connectivity index (χ1v) is 13.2. The smallest absolute Gasteiger partial charge is 0.308 e. The highest BCUT2D eigenvalue weighted by Crippen LogP contribution is 2.60. The van der Waals surface area contributed by atoms with E-state index in [4.69, 9.17) is 4.74 Å². The average molecular weight is 589 g/mol. The Morgan fingerprint density at radius 1 is 0.853 bits per heavy atom. The number of Topliss-reactive ketones (excluding diaryl/α,β-unsaturated/α-hetero) is 1. The number of nitrogens with zero attached hydrogens (tertiary/aromatic N) is 1. The summed E-state index contributed by atoms with van der Waals surface area (Å²) >= 11 is 7.32. The molecule has 2 bridgehead atoms. The van der Waals surface area contributed by atoms with Crippen LogP contribution in [0.1, 0.15) is 23.2 Å². The zero-order valence-electron chi connectivity index (χ0n) is 18.2. The summed E-state index contributed by atoms with van der Waals surface area (Å²) in [5.41, 5.74) is 2.49. The number of hydrogen-bond donors (Lipinski definition) is 0. The van der Waals surface area contributed by atoms with E-state index in [0.29, 0.717) is 5.56 Å². The monoisotopic (exact) mass is 587 g/mol. The number of alkyl halides is 2. The number of carbonyl (C=O) groups excluding carboxylic acids is 4. The molecule has 0 spiro atoms. The van der Waals surface area contributed by atoms with E-state index in [9.17, 15) is 19.2 Å². The number of carbonyl (C=O) groups is 4. The minimum absolute atomic E-state index is 0.0111. The number of imide groups is 1. The lowest BCUT2D eigenvalue weighted by Gasteiger charge is -2.28. The molecule has 1 saturated heterocycles. The molecule has 8 heteroatoms. The van der Waals surface area contributed by atoms with Crippen molar-refractivity contribution in [3.8, 4) is 11.1 Å². The number of hydrogen-bond acceptors (Lipinski definition) is 5. The molecule has 34 heavy (non-hydrogen) atoms. The van der Waals surface area contributed by atoms with Crippen LogP contribution in [0.25, 0.3) is 11.1 Å². The molecule has 2 amide bonds. The second-order valence-corrected chi connectivity index (χ2v) is 11.2. The van der Waals surface area contributed by atoms with Crippen LogP contribution in [0.3, 0.4) is 0 Å². The van der Waals surface area contributed by atoms with E-state index in [-0.39, 0.29) is 70.5 Å². The first kappa shape index (κ1) is 23.4. The lowest BCUT2D eigenvalue weighted by Crippen LogP contribution is -2.37. The molecule has 1 heterocycles. The highest BCUT2D eigenvalue weighted by molar-refractivity contribution is 9.12. The average Bonchev–Trinajstić information content (AvgIpc) is 3.47. The number of ketones is 1. The minimum Gasteiger partial charge on any atom is -0.457 e. The molecule has 2 aromatic rings. The maximum Gasteiger partial charge on any atom is 0.308 e. The molecule has 0 radical (unpaired) electrons. The van der Waals surface area contributed by atoms with Crippen molar-refractivity contribution in [2.24, 2.45) is 23.7 Å². The maximum absolute atomic E-state index is 12.9. The first-order chi connectivity index (χ1) is 16.4. The Balaban J connectivity index is 1.12. The van der Waals surface area contributed by atoms with Crippen molar-refractivity contribution in [2.75, 3.05) is 13.2 Å². The molecule has 1 aliphatic heterocycles. The van der Waals surface area contributed by atoms with Crippen LogP contribution in [0.5, 0.6) is 0 Å². The van der Waals surface area contributed by atoms with E-state index in [1.54, 1.807) is 12.1 Å². The predicted octanol–water partition coefficient (Wildman–Crippen LogP) is 4.25. The van der Waals surface area contributed by atoms with Gasteiger partial charge in [0.25, 0.3) is 0 Å². The zero-order chi connectivity index (χ0) is 24.0. The van der Waals surface area contributed by atoms with Crippen molar-refractivity contribution < 1.29 is 23.9 Å². The molecule has 0 unspecified atom stereocenters. The number of amides is 2. The van der Waals surface area contributed by atoms with Gasteiger partial charge in [-0.1, -0.05) is 86.5 Å². The van der Waals surface area contributed by atoms with Gasteiger partial charge in [0, 0.05) is 21.8 Å². The third kappa shape index (κ3) is 4.05. The summed E-state index contributed by atoms with van der Waals surface area (Å²) in [6.07, 6.45) is 0.741. The molecular formula is C26H23Br2NO5. The van der Waals surface area contributed by atoms with Gasteiger partial charge >= 0.3 is 5.97 Å². The summed E-state index contributed by atoms with van der Waals surface area (Å²) in [6.45, 7) is -0.389. The predicted molar refractivity (Wildman–Crippen MR) is 133 cm³/mol.